The molecule has 0 radical (unpaired) electrons. The van der Waals surface area contributed by atoms with E-state index >= 15 is 0 Å². The molecule has 7 nitrogen and oxygen atoms in total. The van der Waals surface area contributed by atoms with Crippen LogP contribution in [0.3, 0.4) is 0 Å². The van der Waals surface area contributed by atoms with Crippen LogP contribution in [0.2, 0.25) is 0 Å². The summed E-state index contributed by atoms with van der Waals surface area (Å²) in [5.41, 5.74) is 1.46. The topological polar surface area (TPSA) is 83.0 Å². The van der Waals surface area contributed by atoms with Crippen LogP contribution in [0.15, 0.2) is 23.2 Å². The Morgan fingerprint density at radius 3 is 2.52 bits per heavy atom. The highest BCUT2D eigenvalue weighted by Gasteiger charge is 2.30. The van der Waals surface area contributed by atoms with Crippen molar-refractivity contribution >= 4 is 40.0 Å². The SMILES string of the molecule is CCNC(=NCc1ccc(F)c(C)c1)NCCS(=O)(=O)N1CC(C)OC(C)C1.I. The van der Waals surface area contributed by atoms with Gasteiger partial charge in [0.2, 0.25) is 10.0 Å². The smallest absolute Gasteiger partial charge is 0.216 e. The van der Waals surface area contributed by atoms with Crippen molar-refractivity contribution < 1.29 is 17.5 Å². The van der Waals surface area contributed by atoms with E-state index < -0.39 is 10.0 Å². The first-order valence-corrected chi connectivity index (χ1v) is 11.2. The van der Waals surface area contributed by atoms with Crippen molar-refractivity contribution in [1.29, 1.82) is 0 Å². The Hall–Kier alpha value is -0.980. The second kappa shape index (κ2) is 12.0. The van der Waals surface area contributed by atoms with Gasteiger partial charge in [-0.15, -0.1) is 24.0 Å². The molecular weight excluding hydrogens is 510 g/mol. The van der Waals surface area contributed by atoms with Crippen molar-refractivity contribution in [2.24, 2.45) is 4.99 Å². The highest BCUT2D eigenvalue weighted by molar-refractivity contribution is 14.0. The zero-order valence-electron chi connectivity index (χ0n) is 17.4. The molecule has 2 rings (SSSR count). The van der Waals surface area contributed by atoms with Gasteiger partial charge in [-0.3, -0.25) is 0 Å². The van der Waals surface area contributed by atoms with Crippen LogP contribution in [0.4, 0.5) is 4.39 Å². The minimum Gasteiger partial charge on any atom is -0.373 e. The number of benzene rings is 1. The maximum atomic E-state index is 13.4. The lowest BCUT2D eigenvalue weighted by molar-refractivity contribution is -0.0440. The summed E-state index contributed by atoms with van der Waals surface area (Å²) in [6, 6.07) is 4.88. The molecule has 1 aliphatic rings. The Morgan fingerprint density at radius 1 is 1.28 bits per heavy atom. The predicted molar refractivity (Wildman–Crippen MR) is 125 cm³/mol. The van der Waals surface area contributed by atoms with Crippen LogP contribution in [0.5, 0.6) is 0 Å². The predicted octanol–water partition coefficient (Wildman–Crippen LogP) is 2.25. The van der Waals surface area contributed by atoms with Gasteiger partial charge in [0.1, 0.15) is 5.82 Å². The maximum Gasteiger partial charge on any atom is 0.216 e. The van der Waals surface area contributed by atoms with E-state index in [0.717, 1.165) is 5.56 Å². The Labute approximate surface area is 190 Å². The molecule has 10 heteroatoms. The molecule has 0 bridgehead atoms. The van der Waals surface area contributed by atoms with E-state index in [2.05, 4.69) is 15.6 Å². The molecule has 1 aliphatic heterocycles. The molecule has 29 heavy (non-hydrogen) atoms. The standard InChI is InChI=1S/C19H31FN4O3S.HI/c1-5-21-19(23-11-17-6-7-18(20)14(2)10-17)22-8-9-28(25,26)24-12-15(3)27-16(4)13-24;/h6-7,10,15-16H,5,8-9,11-13H2,1-4H3,(H2,21,22,23);1H. The van der Waals surface area contributed by atoms with Gasteiger partial charge in [0.15, 0.2) is 5.96 Å². The minimum absolute atomic E-state index is 0. The average Bonchev–Trinajstić information content (AvgIpc) is 2.61. The fraction of sp³-hybridized carbons (Fsp3) is 0.632. The first-order chi connectivity index (χ1) is 13.2. The van der Waals surface area contributed by atoms with Crippen molar-refractivity contribution in [3.8, 4) is 0 Å². The van der Waals surface area contributed by atoms with E-state index in [4.69, 9.17) is 4.74 Å². The number of morpholine rings is 1. The van der Waals surface area contributed by atoms with Crippen molar-refractivity contribution in [2.75, 3.05) is 31.9 Å². The molecule has 1 fully saturated rings. The van der Waals surface area contributed by atoms with E-state index in [0.29, 0.717) is 37.7 Å². The van der Waals surface area contributed by atoms with E-state index in [1.165, 1.54) is 10.4 Å². The Bertz CT molecular complexity index is 782. The second-order valence-electron chi connectivity index (χ2n) is 7.10. The number of nitrogens with one attached hydrogen (secondary N) is 2. The zero-order valence-corrected chi connectivity index (χ0v) is 20.6. The first kappa shape index (κ1) is 26.1. The van der Waals surface area contributed by atoms with Crippen molar-refractivity contribution in [1.82, 2.24) is 14.9 Å². The fourth-order valence-corrected chi connectivity index (χ4v) is 4.59. The van der Waals surface area contributed by atoms with Gasteiger partial charge in [-0.05, 0) is 44.9 Å². The van der Waals surface area contributed by atoms with Crippen LogP contribution in [0, 0.1) is 12.7 Å². The third-order valence-corrected chi connectivity index (χ3v) is 6.22. The number of nitrogens with zero attached hydrogens (tertiary/aromatic N) is 2. The molecule has 1 aromatic rings. The number of guanidine groups is 1. The summed E-state index contributed by atoms with van der Waals surface area (Å²) in [5, 5.41) is 6.16. The highest BCUT2D eigenvalue weighted by atomic mass is 127. The Balaban J connectivity index is 0.00000420. The van der Waals surface area contributed by atoms with Crippen LogP contribution < -0.4 is 10.6 Å². The second-order valence-corrected chi connectivity index (χ2v) is 9.18. The molecule has 1 heterocycles. The van der Waals surface area contributed by atoms with Gasteiger partial charge in [0.05, 0.1) is 24.5 Å². The summed E-state index contributed by atoms with van der Waals surface area (Å²) in [4.78, 5) is 4.45. The summed E-state index contributed by atoms with van der Waals surface area (Å²) in [5.74, 6) is 0.269. The zero-order chi connectivity index (χ0) is 20.7. The van der Waals surface area contributed by atoms with Gasteiger partial charge < -0.3 is 15.4 Å². The number of halogens is 2. The lowest BCUT2D eigenvalue weighted by Gasteiger charge is -2.34. The number of hydrogen-bond acceptors (Lipinski definition) is 4. The lowest BCUT2D eigenvalue weighted by atomic mass is 10.1. The number of aryl methyl sites for hydroxylation is 1. The Kier molecular flexibility index (Phi) is 10.8. The third-order valence-electron chi connectivity index (χ3n) is 4.42. The molecule has 0 spiro atoms. The van der Waals surface area contributed by atoms with E-state index in [9.17, 15) is 12.8 Å². The Morgan fingerprint density at radius 2 is 1.93 bits per heavy atom. The molecule has 2 atom stereocenters. The van der Waals surface area contributed by atoms with Crippen LogP contribution in [-0.2, 0) is 21.3 Å². The molecule has 2 unspecified atom stereocenters. The van der Waals surface area contributed by atoms with Gasteiger partial charge in [-0.2, -0.15) is 4.31 Å². The van der Waals surface area contributed by atoms with Gasteiger partial charge in [0, 0.05) is 26.2 Å². The number of ether oxygens (including phenoxy) is 1. The molecule has 166 valence electrons. The largest absolute Gasteiger partial charge is 0.373 e. The molecule has 1 aromatic carbocycles. The average molecular weight is 542 g/mol. The highest BCUT2D eigenvalue weighted by Crippen LogP contribution is 2.14. The minimum atomic E-state index is -3.37. The van der Waals surface area contributed by atoms with Crippen LogP contribution in [-0.4, -0.2) is 62.8 Å². The summed E-state index contributed by atoms with van der Waals surface area (Å²) < 4.78 is 45.7. The number of aliphatic imine (C=N–C) groups is 1. The fourth-order valence-electron chi connectivity index (χ4n) is 3.10. The lowest BCUT2D eigenvalue weighted by Crippen LogP contribution is -2.50. The van der Waals surface area contributed by atoms with Gasteiger partial charge in [-0.1, -0.05) is 12.1 Å². The molecule has 2 N–H and O–H groups in total. The van der Waals surface area contributed by atoms with Crippen LogP contribution in [0.1, 0.15) is 31.9 Å². The van der Waals surface area contributed by atoms with Crippen LogP contribution in [0.25, 0.3) is 0 Å². The molecule has 0 aliphatic carbocycles. The number of hydrogen-bond donors (Lipinski definition) is 2. The molecular formula is C19H32FIN4O3S. The third kappa shape index (κ3) is 8.35. The van der Waals surface area contributed by atoms with Crippen molar-refractivity contribution in [2.45, 2.75) is 46.4 Å². The monoisotopic (exact) mass is 542 g/mol. The molecule has 0 amide bonds. The maximum absolute atomic E-state index is 13.4. The quantitative estimate of drug-likeness (QED) is 0.314. The van der Waals surface area contributed by atoms with Gasteiger partial charge in [0.25, 0.3) is 0 Å². The van der Waals surface area contributed by atoms with E-state index in [1.54, 1.807) is 19.1 Å². The number of rotatable bonds is 7. The molecule has 0 saturated carbocycles. The molecule has 1 saturated heterocycles. The van der Waals surface area contributed by atoms with E-state index in [-0.39, 0.29) is 54.3 Å². The summed E-state index contributed by atoms with van der Waals surface area (Å²) >= 11 is 0. The summed E-state index contributed by atoms with van der Waals surface area (Å²) in [6.45, 7) is 9.44. The van der Waals surface area contributed by atoms with E-state index in [1.807, 2.05) is 20.8 Å². The molecule has 0 aromatic heterocycles. The van der Waals surface area contributed by atoms with Crippen LogP contribution >= 0.6 is 24.0 Å². The van der Waals surface area contributed by atoms with Crippen molar-refractivity contribution in [3.05, 3.63) is 35.1 Å². The summed E-state index contributed by atoms with van der Waals surface area (Å²) in [7, 11) is -3.37. The van der Waals surface area contributed by atoms with Crippen molar-refractivity contribution in [3.63, 3.8) is 0 Å². The normalized spacial score (nSPS) is 20.8. The first-order valence-electron chi connectivity index (χ1n) is 9.61. The summed E-state index contributed by atoms with van der Waals surface area (Å²) in [6.07, 6.45) is -0.214. The number of sulfonamides is 1. The van der Waals surface area contributed by atoms with Gasteiger partial charge in [-0.25, -0.2) is 17.8 Å². The van der Waals surface area contributed by atoms with Gasteiger partial charge >= 0.3 is 0 Å².